The van der Waals surface area contributed by atoms with Gasteiger partial charge in [-0.3, -0.25) is 4.99 Å². The lowest BCUT2D eigenvalue weighted by atomic mass is 10.1. The Morgan fingerprint density at radius 1 is 1.21 bits per heavy atom. The van der Waals surface area contributed by atoms with Gasteiger partial charge in [0.1, 0.15) is 5.75 Å². The summed E-state index contributed by atoms with van der Waals surface area (Å²) in [5, 5.41) is 6.77. The molecule has 2 aliphatic rings. The van der Waals surface area contributed by atoms with Crippen LogP contribution >= 0.6 is 0 Å². The molecule has 0 aromatic heterocycles. The summed E-state index contributed by atoms with van der Waals surface area (Å²) in [5.74, 6) is 2.25. The molecule has 2 fully saturated rings. The van der Waals surface area contributed by atoms with Gasteiger partial charge in [0.05, 0.1) is 19.3 Å². The Morgan fingerprint density at radius 2 is 2.07 bits per heavy atom. The molecule has 1 saturated heterocycles. The average molecular weight is 404 g/mol. The van der Waals surface area contributed by atoms with E-state index in [0.29, 0.717) is 25.2 Å². The van der Waals surface area contributed by atoms with Gasteiger partial charge in [-0.25, -0.2) is 0 Å². The first-order valence-corrected chi connectivity index (χ1v) is 11.1. The smallest absolute Gasteiger partial charge is 0.191 e. The molecule has 6 heteroatoms. The lowest BCUT2D eigenvalue weighted by Crippen LogP contribution is -2.37. The first-order valence-electron chi connectivity index (χ1n) is 11.1. The Labute approximate surface area is 175 Å². The zero-order valence-electron chi connectivity index (χ0n) is 18.0. The number of ether oxygens (including phenoxy) is 3. The fraction of sp³-hybridized carbons (Fsp3) is 0.696. The molecule has 1 atom stereocenters. The van der Waals surface area contributed by atoms with Crippen LogP contribution in [0.1, 0.15) is 49.7 Å². The van der Waals surface area contributed by atoms with Crippen molar-refractivity contribution < 1.29 is 14.2 Å². The highest BCUT2D eigenvalue weighted by atomic mass is 16.5. The Hall–Kier alpha value is -1.79. The molecule has 1 aliphatic heterocycles. The minimum atomic E-state index is 0.489. The van der Waals surface area contributed by atoms with Gasteiger partial charge in [-0.2, -0.15) is 0 Å². The molecule has 6 nitrogen and oxygen atoms in total. The summed E-state index contributed by atoms with van der Waals surface area (Å²) in [5.41, 5.74) is 2.35. The van der Waals surface area contributed by atoms with Crippen LogP contribution in [-0.2, 0) is 16.0 Å². The van der Waals surface area contributed by atoms with Gasteiger partial charge in [0.15, 0.2) is 5.96 Å². The van der Waals surface area contributed by atoms with Gasteiger partial charge in [-0.1, -0.05) is 25.0 Å². The van der Waals surface area contributed by atoms with Crippen molar-refractivity contribution in [2.75, 3.05) is 40.0 Å². The number of nitrogens with zero attached hydrogens (tertiary/aromatic N) is 1. The fourth-order valence-electron chi connectivity index (χ4n) is 3.85. The molecule has 0 spiro atoms. The molecule has 1 aromatic carbocycles. The zero-order chi connectivity index (χ0) is 20.3. The maximum Gasteiger partial charge on any atom is 0.191 e. The second-order valence-corrected chi connectivity index (χ2v) is 8.14. The van der Waals surface area contributed by atoms with E-state index in [-0.39, 0.29) is 0 Å². The van der Waals surface area contributed by atoms with Gasteiger partial charge < -0.3 is 24.8 Å². The van der Waals surface area contributed by atoms with Crippen LogP contribution in [-0.4, -0.2) is 52.1 Å². The molecule has 1 saturated carbocycles. The highest BCUT2D eigenvalue weighted by Crippen LogP contribution is 2.23. The van der Waals surface area contributed by atoms with Crippen LogP contribution in [0.2, 0.25) is 0 Å². The van der Waals surface area contributed by atoms with E-state index in [9.17, 15) is 0 Å². The Kier molecular flexibility index (Phi) is 9.09. The molecule has 162 valence electrons. The number of benzene rings is 1. The van der Waals surface area contributed by atoms with Crippen molar-refractivity contribution in [3.63, 3.8) is 0 Å². The summed E-state index contributed by atoms with van der Waals surface area (Å²) in [4.78, 5) is 4.33. The third kappa shape index (κ3) is 7.52. The lowest BCUT2D eigenvalue weighted by Gasteiger charge is -2.17. The van der Waals surface area contributed by atoms with Crippen LogP contribution in [0.15, 0.2) is 23.2 Å². The minimum absolute atomic E-state index is 0.489. The number of aliphatic imine (C=N–C) groups is 1. The first-order chi connectivity index (χ1) is 14.2. The van der Waals surface area contributed by atoms with Crippen molar-refractivity contribution in [2.45, 2.75) is 58.1 Å². The molecule has 0 radical (unpaired) electrons. The van der Waals surface area contributed by atoms with Gasteiger partial charge in [0.2, 0.25) is 0 Å². The second-order valence-electron chi connectivity index (χ2n) is 8.14. The van der Waals surface area contributed by atoms with Crippen molar-refractivity contribution >= 4 is 5.96 Å². The summed E-state index contributed by atoms with van der Waals surface area (Å²) >= 11 is 0. The van der Waals surface area contributed by atoms with Crippen molar-refractivity contribution in [3.8, 4) is 5.75 Å². The van der Waals surface area contributed by atoms with Crippen LogP contribution in [0.3, 0.4) is 0 Å². The van der Waals surface area contributed by atoms with Crippen LogP contribution in [0.25, 0.3) is 0 Å². The molecule has 1 aliphatic carbocycles. The lowest BCUT2D eigenvalue weighted by molar-refractivity contribution is 0.0574. The topological polar surface area (TPSA) is 64.1 Å². The summed E-state index contributed by atoms with van der Waals surface area (Å²) < 4.78 is 17.5. The molecule has 1 aromatic rings. The van der Waals surface area contributed by atoms with Gasteiger partial charge >= 0.3 is 0 Å². The Morgan fingerprint density at radius 3 is 2.83 bits per heavy atom. The number of guanidine groups is 1. The number of aryl methyl sites for hydroxylation is 1. The van der Waals surface area contributed by atoms with E-state index in [2.05, 4.69) is 40.7 Å². The highest BCUT2D eigenvalue weighted by Gasteiger charge is 2.17. The van der Waals surface area contributed by atoms with Gasteiger partial charge in [0.25, 0.3) is 0 Å². The quantitative estimate of drug-likeness (QED) is 0.356. The van der Waals surface area contributed by atoms with Gasteiger partial charge in [-0.15, -0.1) is 0 Å². The van der Waals surface area contributed by atoms with Crippen molar-refractivity contribution in [2.24, 2.45) is 10.9 Å². The van der Waals surface area contributed by atoms with E-state index in [0.717, 1.165) is 56.5 Å². The van der Waals surface area contributed by atoms with Gasteiger partial charge in [-0.05, 0) is 44.2 Å². The van der Waals surface area contributed by atoms with E-state index in [1.165, 1.54) is 31.2 Å². The first kappa shape index (κ1) is 21.9. The third-order valence-electron chi connectivity index (χ3n) is 5.66. The number of rotatable bonds is 10. The number of hydrogen-bond acceptors (Lipinski definition) is 4. The van der Waals surface area contributed by atoms with Crippen LogP contribution < -0.4 is 15.4 Å². The molecule has 2 N–H and O–H groups in total. The molecule has 29 heavy (non-hydrogen) atoms. The largest absolute Gasteiger partial charge is 0.493 e. The molecule has 3 rings (SSSR count). The summed E-state index contributed by atoms with van der Waals surface area (Å²) in [7, 11) is 1.80. The molecule has 0 bridgehead atoms. The van der Waals surface area contributed by atoms with Crippen molar-refractivity contribution in [1.29, 1.82) is 0 Å². The molecule has 1 unspecified atom stereocenters. The standard InChI is InChI=1S/C23H37N3O3/c1-18-8-9-20(22(14-18)29-17-19-10-13-27-16-19)15-26-23(24-2)25-11-5-12-28-21-6-3-4-7-21/h8-9,14,19,21H,3-7,10-13,15-17H2,1-2H3,(H2,24,25,26). The predicted molar refractivity (Wildman–Crippen MR) is 117 cm³/mol. The molecular formula is C23H37N3O3. The summed E-state index contributed by atoms with van der Waals surface area (Å²) in [6, 6.07) is 6.37. The second kappa shape index (κ2) is 12.0. The molecule has 1 heterocycles. The minimum Gasteiger partial charge on any atom is -0.493 e. The van der Waals surface area contributed by atoms with E-state index >= 15 is 0 Å². The normalized spacial score (nSPS) is 20.2. The fourth-order valence-corrected chi connectivity index (χ4v) is 3.85. The van der Waals surface area contributed by atoms with Crippen LogP contribution in [0.4, 0.5) is 0 Å². The monoisotopic (exact) mass is 403 g/mol. The maximum atomic E-state index is 6.13. The summed E-state index contributed by atoms with van der Waals surface area (Å²) in [6.45, 7) is 6.81. The van der Waals surface area contributed by atoms with E-state index in [1.54, 1.807) is 7.05 Å². The van der Waals surface area contributed by atoms with Crippen molar-refractivity contribution in [3.05, 3.63) is 29.3 Å². The van der Waals surface area contributed by atoms with E-state index in [1.807, 2.05) is 0 Å². The van der Waals surface area contributed by atoms with Crippen LogP contribution in [0, 0.1) is 12.8 Å². The number of hydrogen-bond donors (Lipinski definition) is 2. The average Bonchev–Trinajstić information content (AvgIpc) is 3.43. The van der Waals surface area contributed by atoms with E-state index < -0.39 is 0 Å². The highest BCUT2D eigenvalue weighted by molar-refractivity contribution is 5.79. The van der Waals surface area contributed by atoms with Crippen LogP contribution in [0.5, 0.6) is 5.75 Å². The number of nitrogens with one attached hydrogen (secondary N) is 2. The van der Waals surface area contributed by atoms with E-state index in [4.69, 9.17) is 14.2 Å². The zero-order valence-corrected chi connectivity index (χ0v) is 18.0. The third-order valence-corrected chi connectivity index (χ3v) is 5.66. The molecule has 0 amide bonds. The Bertz CT molecular complexity index is 638. The van der Waals surface area contributed by atoms with Gasteiger partial charge in [0, 0.05) is 44.8 Å². The predicted octanol–water partition coefficient (Wildman–Crippen LogP) is 3.42. The summed E-state index contributed by atoms with van der Waals surface area (Å²) in [6.07, 6.45) is 7.65. The Balaban J connectivity index is 1.39. The molecular weight excluding hydrogens is 366 g/mol. The SMILES string of the molecule is CN=C(NCCCOC1CCCC1)NCc1ccc(C)cc1OCC1CCOC1. The maximum absolute atomic E-state index is 6.13. The van der Waals surface area contributed by atoms with Crippen molar-refractivity contribution in [1.82, 2.24) is 10.6 Å².